The number of nitrogens with one attached hydrogen (secondary N) is 2. The summed E-state index contributed by atoms with van der Waals surface area (Å²) in [6.45, 7) is 1.38. The molecule has 2 aliphatic rings. The number of aliphatic carboxylic acids is 1. The molecular weight excluding hydrogens is 589 g/mol. The van der Waals surface area contributed by atoms with Gasteiger partial charge in [0, 0.05) is 18.4 Å². The zero-order valence-electron chi connectivity index (χ0n) is 21.6. The van der Waals surface area contributed by atoms with Crippen LogP contribution in [0.15, 0.2) is 21.7 Å². The van der Waals surface area contributed by atoms with Gasteiger partial charge in [0.15, 0.2) is 11.5 Å². The van der Waals surface area contributed by atoms with Gasteiger partial charge in [-0.1, -0.05) is 0 Å². The van der Waals surface area contributed by atoms with Gasteiger partial charge in [0.1, 0.15) is 24.4 Å². The van der Waals surface area contributed by atoms with Gasteiger partial charge in [-0.05, 0) is 30.2 Å². The fourth-order valence-corrected chi connectivity index (χ4v) is 5.32. The fourth-order valence-electron chi connectivity index (χ4n) is 3.86. The molecule has 1 amide bonds. The van der Waals surface area contributed by atoms with E-state index in [9.17, 15) is 44.2 Å². The van der Waals surface area contributed by atoms with E-state index < -0.39 is 68.5 Å². The van der Waals surface area contributed by atoms with Gasteiger partial charge < -0.3 is 40.1 Å². The quantitative estimate of drug-likeness (QED) is 0.0754. The van der Waals surface area contributed by atoms with E-state index in [4.69, 9.17) is 9.79 Å². The molecule has 3 rings (SSSR count). The third-order valence-electron chi connectivity index (χ3n) is 5.86. The Hall–Kier alpha value is -3.22. The summed E-state index contributed by atoms with van der Waals surface area (Å²) in [6.07, 6.45) is -5.72. The molecule has 41 heavy (non-hydrogen) atoms. The van der Waals surface area contributed by atoms with Crippen molar-refractivity contribution in [1.82, 2.24) is 24.8 Å². The highest BCUT2D eigenvalue weighted by molar-refractivity contribution is 7.98. The number of aliphatic hydroxyl groups excluding tert-OH is 3. The lowest BCUT2D eigenvalue weighted by molar-refractivity contribution is -0.140. The van der Waals surface area contributed by atoms with Crippen molar-refractivity contribution in [2.75, 3.05) is 12.4 Å². The van der Waals surface area contributed by atoms with E-state index in [1.807, 2.05) is 4.98 Å². The molecule has 8 N–H and O–H groups in total. The second kappa shape index (κ2) is 13.2. The monoisotopic (exact) mass is 617 g/mol. The normalized spacial score (nSPS) is 15.0. The zero-order valence-corrected chi connectivity index (χ0v) is 23.3. The molecule has 0 saturated carbocycles. The summed E-state index contributed by atoms with van der Waals surface area (Å²) in [5.74, 6) is -1.65. The molecule has 2 heterocycles. The Labute approximate surface area is 234 Å². The lowest BCUT2D eigenvalue weighted by Crippen LogP contribution is -2.42. The van der Waals surface area contributed by atoms with Crippen LogP contribution in [0.5, 0.6) is 0 Å². The van der Waals surface area contributed by atoms with Crippen LogP contribution < -0.4 is 16.6 Å². The first-order valence-corrected chi connectivity index (χ1v) is 14.5. The molecule has 224 valence electrons. The second-order valence-electron chi connectivity index (χ2n) is 9.05. The molecular formula is C22H28N5O12PS. The lowest BCUT2D eigenvalue weighted by atomic mass is 10.1. The number of aromatic nitrogens is 4. The van der Waals surface area contributed by atoms with Gasteiger partial charge in [-0.2, -0.15) is 16.7 Å². The van der Waals surface area contributed by atoms with E-state index in [2.05, 4.69) is 19.8 Å². The van der Waals surface area contributed by atoms with Crippen molar-refractivity contribution in [3.63, 3.8) is 0 Å². The average Bonchev–Trinajstić information content (AvgIpc) is 2.86. The van der Waals surface area contributed by atoms with Crippen LogP contribution in [-0.4, -0.2) is 98.3 Å². The Morgan fingerprint density at radius 1 is 1.17 bits per heavy atom. The van der Waals surface area contributed by atoms with Gasteiger partial charge >= 0.3 is 19.5 Å². The number of carbonyl (C=O) groups excluding carboxylic acids is 1. The molecule has 0 fully saturated rings. The number of amides is 1. The summed E-state index contributed by atoms with van der Waals surface area (Å²) >= 11 is 1.21. The smallest absolute Gasteiger partial charge is 0.469 e. The molecule has 1 aromatic carbocycles. The van der Waals surface area contributed by atoms with Gasteiger partial charge in [0.2, 0.25) is 5.91 Å². The minimum Gasteiger partial charge on any atom is -0.480 e. The van der Waals surface area contributed by atoms with E-state index in [1.54, 1.807) is 19.1 Å². The maximum absolute atomic E-state index is 12.5. The van der Waals surface area contributed by atoms with E-state index in [1.165, 1.54) is 23.3 Å². The van der Waals surface area contributed by atoms with Crippen LogP contribution in [0, 0.1) is 6.92 Å². The Morgan fingerprint density at radius 2 is 1.85 bits per heavy atom. The summed E-state index contributed by atoms with van der Waals surface area (Å²) in [5, 5.41) is 42.8. The molecule has 0 spiro atoms. The minimum atomic E-state index is -4.98. The van der Waals surface area contributed by atoms with Crippen LogP contribution in [0.25, 0.3) is 22.6 Å². The van der Waals surface area contributed by atoms with E-state index >= 15 is 0 Å². The van der Waals surface area contributed by atoms with Crippen molar-refractivity contribution in [3.05, 3.63) is 44.1 Å². The molecule has 1 aromatic rings. The Kier molecular flexibility index (Phi) is 10.4. The average molecular weight is 618 g/mol. The number of H-pyrrole nitrogens is 1. The molecule has 17 nitrogen and oxygen atoms in total. The van der Waals surface area contributed by atoms with Gasteiger partial charge in [-0.15, -0.1) is 0 Å². The van der Waals surface area contributed by atoms with Crippen LogP contribution in [0.3, 0.4) is 0 Å². The number of carboxylic acid groups (broad SMARTS) is 1. The van der Waals surface area contributed by atoms with Crippen molar-refractivity contribution in [3.8, 4) is 11.5 Å². The van der Waals surface area contributed by atoms with Crippen molar-refractivity contribution in [2.45, 2.75) is 50.5 Å². The summed E-state index contributed by atoms with van der Waals surface area (Å²) in [4.78, 5) is 75.0. The first-order chi connectivity index (χ1) is 19.1. The van der Waals surface area contributed by atoms with Crippen LogP contribution in [0.4, 0.5) is 0 Å². The van der Waals surface area contributed by atoms with Crippen molar-refractivity contribution in [1.29, 1.82) is 0 Å². The highest BCUT2D eigenvalue weighted by Gasteiger charge is 2.30. The molecule has 0 aliphatic carbocycles. The Bertz CT molecular complexity index is 1570. The summed E-state index contributed by atoms with van der Waals surface area (Å²) < 4.78 is 16.3. The number of benzene rings is 1. The fraction of sp³-hybridized carbons (Fsp3) is 0.455. The predicted octanol–water partition coefficient (Wildman–Crippen LogP) is -2.09. The number of aromatic amines is 1. The molecule has 0 aromatic heterocycles. The maximum atomic E-state index is 12.5. The highest BCUT2D eigenvalue weighted by atomic mass is 32.2. The number of fused-ring (bicyclic) bond motifs is 2. The Balaban J connectivity index is 2.01. The predicted molar refractivity (Wildman–Crippen MR) is 143 cm³/mol. The van der Waals surface area contributed by atoms with Crippen molar-refractivity contribution < 1.29 is 48.9 Å². The van der Waals surface area contributed by atoms with Gasteiger partial charge in [0.05, 0.1) is 24.2 Å². The van der Waals surface area contributed by atoms with Crippen molar-refractivity contribution >= 4 is 42.5 Å². The third kappa shape index (κ3) is 8.40. The first kappa shape index (κ1) is 32.3. The topological polar surface area (TPSA) is 274 Å². The molecule has 0 radical (unpaired) electrons. The maximum Gasteiger partial charge on any atom is 0.469 e. The summed E-state index contributed by atoms with van der Waals surface area (Å²) in [7, 11) is -4.98. The summed E-state index contributed by atoms with van der Waals surface area (Å²) in [5.41, 5.74) is -0.278. The number of rotatable bonds is 13. The second-order valence-corrected chi connectivity index (χ2v) is 11.3. The third-order valence-corrected chi connectivity index (χ3v) is 7.43. The molecule has 0 saturated heterocycles. The number of carbonyl (C=O) groups is 2. The highest BCUT2D eigenvalue weighted by Crippen LogP contribution is 2.36. The van der Waals surface area contributed by atoms with Gasteiger partial charge in [-0.3, -0.25) is 19.1 Å². The van der Waals surface area contributed by atoms with Crippen LogP contribution >= 0.6 is 19.6 Å². The van der Waals surface area contributed by atoms with Crippen LogP contribution in [0.1, 0.15) is 18.1 Å². The number of phosphoric acid groups is 1. The molecule has 0 unspecified atom stereocenters. The number of aryl methyl sites for hydroxylation is 1. The number of hydrogen-bond acceptors (Lipinski definition) is 12. The first-order valence-electron chi connectivity index (χ1n) is 11.8. The number of hydrogen-bond donors (Lipinski definition) is 8. The minimum absolute atomic E-state index is 0.0400. The number of aliphatic hydroxyl groups is 3. The van der Waals surface area contributed by atoms with E-state index in [-0.39, 0.29) is 34.1 Å². The zero-order chi connectivity index (χ0) is 30.6. The van der Waals surface area contributed by atoms with E-state index in [0.29, 0.717) is 11.1 Å². The largest absolute Gasteiger partial charge is 0.480 e. The molecule has 0 bridgehead atoms. The van der Waals surface area contributed by atoms with Crippen LogP contribution in [0.2, 0.25) is 0 Å². The Morgan fingerprint density at radius 3 is 2.46 bits per heavy atom. The SMILES string of the molecule is CC(=O)N[C@H](CSCc1cc2c(cc1C)nc1c(=O)[nH]c(=O)nc-1n2C[C@H](O)[C@H](O)[C@H](O)COP(=O)(O)O)C(=O)O. The standard InChI is InChI=1S/C22H28N5O12PS/c1-9-3-12-14(4-11(9)7-41-8-13(21(33)34)23-10(2)28)27(19-17(24-12)20(32)26-22(35)25-19)5-15(29)18(31)16(30)6-39-40(36,37)38/h3-4,13,15-16,18,29-31H,5-8H2,1-2H3,(H,23,28)(H,33,34)(H,26,32,35)(H2,36,37,38)/t13-,15+,16-,18+/m1/s1. The van der Waals surface area contributed by atoms with Crippen LogP contribution in [-0.2, 0) is 31.0 Å². The van der Waals surface area contributed by atoms with E-state index in [0.717, 1.165) is 0 Å². The number of carboxylic acids is 1. The number of phosphoric ester groups is 1. The van der Waals surface area contributed by atoms with Gasteiger partial charge in [0.25, 0.3) is 5.56 Å². The molecule has 19 heteroatoms. The number of thioether (sulfide) groups is 1. The van der Waals surface area contributed by atoms with Crippen molar-refractivity contribution in [2.24, 2.45) is 0 Å². The lowest BCUT2D eigenvalue weighted by Gasteiger charge is -2.26. The molecule has 2 aliphatic heterocycles. The summed E-state index contributed by atoms with van der Waals surface area (Å²) in [6, 6.07) is 2.09. The molecule has 4 atom stereocenters. The van der Waals surface area contributed by atoms with Gasteiger partial charge in [-0.25, -0.2) is 19.1 Å². The number of nitrogens with zero attached hydrogens (tertiary/aromatic N) is 3.